The molecule has 3 heterocycles. The van der Waals surface area contributed by atoms with E-state index in [0.717, 1.165) is 44.6 Å². The third-order valence-corrected chi connectivity index (χ3v) is 5.05. The summed E-state index contributed by atoms with van der Waals surface area (Å²) < 4.78 is 5.50. The number of fused-ring (bicyclic) bond motifs is 1. The van der Waals surface area contributed by atoms with Crippen LogP contribution in [-0.2, 0) is 0 Å². The maximum absolute atomic E-state index is 12.7. The Labute approximate surface area is 147 Å². The van der Waals surface area contributed by atoms with E-state index in [-0.39, 0.29) is 18.3 Å². The number of rotatable bonds is 2. The van der Waals surface area contributed by atoms with Crippen LogP contribution in [0.1, 0.15) is 23.3 Å². The number of carbonyl (C=O) groups excluding carboxylic acids is 1. The highest BCUT2D eigenvalue weighted by Crippen LogP contribution is 2.28. The van der Waals surface area contributed by atoms with Crippen molar-refractivity contribution in [3.63, 3.8) is 0 Å². The average Bonchev–Trinajstić information content (AvgIpc) is 3.21. The highest BCUT2D eigenvalue weighted by atomic mass is 35.5. The maximum Gasteiger partial charge on any atom is 0.275 e. The Morgan fingerprint density at radius 1 is 1.12 bits per heavy atom. The highest BCUT2D eigenvalue weighted by Gasteiger charge is 2.32. The van der Waals surface area contributed by atoms with Crippen molar-refractivity contribution >= 4 is 18.3 Å². The molecule has 0 bridgehead atoms. The number of likely N-dealkylation sites (tertiary alicyclic amines) is 1. The molecule has 2 aliphatic heterocycles. The zero-order chi connectivity index (χ0) is 15.6. The second-order valence-corrected chi connectivity index (χ2v) is 6.45. The van der Waals surface area contributed by atoms with Gasteiger partial charge in [-0.15, -0.1) is 12.4 Å². The summed E-state index contributed by atoms with van der Waals surface area (Å²) in [5.74, 6) is 1.92. The van der Waals surface area contributed by atoms with E-state index in [0.29, 0.717) is 23.4 Å². The van der Waals surface area contributed by atoms with Gasteiger partial charge in [-0.05, 0) is 49.9 Å². The number of amides is 1. The maximum atomic E-state index is 12.7. The molecule has 2 saturated heterocycles. The van der Waals surface area contributed by atoms with Gasteiger partial charge in [0.1, 0.15) is 6.26 Å². The van der Waals surface area contributed by atoms with Gasteiger partial charge in [-0.2, -0.15) is 0 Å². The number of hydrogen-bond acceptors (Lipinski definition) is 4. The van der Waals surface area contributed by atoms with Crippen LogP contribution < -0.4 is 5.32 Å². The van der Waals surface area contributed by atoms with Crippen molar-refractivity contribution < 1.29 is 9.21 Å². The SMILES string of the molecule is Cl.O=C(c1coc(-c2ccccc2)n1)N1CC[C@@H]2CNC[C@@H]2CC1. The summed E-state index contributed by atoms with van der Waals surface area (Å²) in [6.45, 7) is 3.81. The molecule has 2 aromatic rings. The molecular weight excluding hydrogens is 326 g/mol. The molecule has 1 aromatic carbocycles. The van der Waals surface area contributed by atoms with Crippen molar-refractivity contribution in [3.05, 3.63) is 42.3 Å². The second kappa shape index (κ2) is 7.36. The first-order chi connectivity index (χ1) is 11.3. The third-order valence-electron chi connectivity index (χ3n) is 5.05. The predicted octanol–water partition coefficient (Wildman–Crippen LogP) is 2.84. The molecule has 0 aliphatic carbocycles. The van der Waals surface area contributed by atoms with Crippen molar-refractivity contribution in [2.24, 2.45) is 11.8 Å². The topological polar surface area (TPSA) is 58.4 Å². The standard InChI is InChI=1S/C18H21N3O2.ClH/c22-18(21-8-6-14-10-19-11-15(14)7-9-21)16-12-23-17(20-16)13-4-2-1-3-5-13;/h1-5,12,14-15,19H,6-11H2;1H/t14-,15+;. The molecule has 2 atom stereocenters. The van der Waals surface area contributed by atoms with Crippen molar-refractivity contribution in [1.29, 1.82) is 0 Å². The third kappa shape index (κ3) is 3.32. The van der Waals surface area contributed by atoms with E-state index < -0.39 is 0 Å². The normalized spacial score (nSPS) is 23.2. The van der Waals surface area contributed by atoms with Crippen LogP contribution in [-0.4, -0.2) is 42.0 Å². The van der Waals surface area contributed by atoms with E-state index >= 15 is 0 Å². The molecule has 2 aliphatic rings. The molecule has 0 unspecified atom stereocenters. The lowest BCUT2D eigenvalue weighted by Gasteiger charge is -2.19. The lowest BCUT2D eigenvalue weighted by molar-refractivity contribution is 0.0752. The van der Waals surface area contributed by atoms with E-state index in [2.05, 4.69) is 10.3 Å². The molecule has 0 radical (unpaired) electrons. The van der Waals surface area contributed by atoms with Crippen LogP contribution in [0.5, 0.6) is 0 Å². The number of nitrogens with zero attached hydrogens (tertiary/aromatic N) is 2. The first-order valence-corrected chi connectivity index (χ1v) is 8.32. The summed E-state index contributed by atoms with van der Waals surface area (Å²) in [6, 6.07) is 9.67. The molecule has 24 heavy (non-hydrogen) atoms. The second-order valence-electron chi connectivity index (χ2n) is 6.45. The summed E-state index contributed by atoms with van der Waals surface area (Å²) in [5.41, 5.74) is 1.30. The van der Waals surface area contributed by atoms with Crippen LogP contribution in [0, 0.1) is 11.8 Å². The molecule has 2 fully saturated rings. The van der Waals surface area contributed by atoms with Crippen LogP contribution in [0.4, 0.5) is 0 Å². The highest BCUT2D eigenvalue weighted by molar-refractivity contribution is 5.92. The van der Waals surface area contributed by atoms with Crippen LogP contribution in [0.15, 0.2) is 41.0 Å². The monoisotopic (exact) mass is 347 g/mol. The molecule has 0 saturated carbocycles. The number of aromatic nitrogens is 1. The minimum atomic E-state index is -0.0103. The van der Waals surface area contributed by atoms with Gasteiger partial charge in [0.05, 0.1) is 0 Å². The summed E-state index contributed by atoms with van der Waals surface area (Å²) in [4.78, 5) is 19.0. The van der Waals surface area contributed by atoms with E-state index in [1.54, 1.807) is 0 Å². The van der Waals surface area contributed by atoms with E-state index in [4.69, 9.17) is 4.42 Å². The average molecular weight is 348 g/mol. The minimum absolute atomic E-state index is 0. The quantitative estimate of drug-likeness (QED) is 0.907. The lowest BCUT2D eigenvalue weighted by Crippen LogP contribution is -2.33. The van der Waals surface area contributed by atoms with Crippen LogP contribution in [0.25, 0.3) is 11.5 Å². The minimum Gasteiger partial charge on any atom is -0.444 e. The van der Waals surface area contributed by atoms with E-state index in [1.807, 2.05) is 35.2 Å². The molecule has 128 valence electrons. The van der Waals surface area contributed by atoms with Gasteiger partial charge in [-0.1, -0.05) is 18.2 Å². The molecule has 4 rings (SSSR count). The molecule has 1 aromatic heterocycles. The van der Waals surface area contributed by atoms with Crippen molar-refractivity contribution in [3.8, 4) is 11.5 Å². The van der Waals surface area contributed by atoms with Gasteiger partial charge >= 0.3 is 0 Å². The van der Waals surface area contributed by atoms with Gasteiger partial charge in [-0.25, -0.2) is 4.98 Å². The summed E-state index contributed by atoms with van der Waals surface area (Å²) in [5, 5.41) is 3.46. The van der Waals surface area contributed by atoms with Gasteiger partial charge in [0.2, 0.25) is 5.89 Å². The first kappa shape index (κ1) is 17.0. The van der Waals surface area contributed by atoms with Gasteiger partial charge in [0, 0.05) is 18.7 Å². The Bertz CT molecular complexity index is 675. The van der Waals surface area contributed by atoms with Crippen LogP contribution >= 0.6 is 12.4 Å². The van der Waals surface area contributed by atoms with Crippen molar-refractivity contribution in [2.45, 2.75) is 12.8 Å². The number of carbonyl (C=O) groups is 1. The van der Waals surface area contributed by atoms with Crippen molar-refractivity contribution in [2.75, 3.05) is 26.2 Å². The Kier molecular flexibility index (Phi) is 5.21. The van der Waals surface area contributed by atoms with Gasteiger partial charge in [-0.3, -0.25) is 4.79 Å². The van der Waals surface area contributed by atoms with Crippen molar-refractivity contribution in [1.82, 2.24) is 15.2 Å². The summed E-state index contributed by atoms with van der Waals surface area (Å²) in [6.07, 6.45) is 3.64. The van der Waals surface area contributed by atoms with E-state index in [9.17, 15) is 4.79 Å². The Morgan fingerprint density at radius 2 is 1.79 bits per heavy atom. The fourth-order valence-corrected chi connectivity index (χ4v) is 3.67. The van der Waals surface area contributed by atoms with Gasteiger partial charge in [0.25, 0.3) is 5.91 Å². The Morgan fingerprint density at radius 3 is 2.46 bits per heavy atom. The summed E-state index contributed by atoms with van der Waals surface area (Å²) >= 11 is 0. The Balaban J connectivity index is 0.00000169. The lowest BCUT2D eigenvalue weighted by atomic mass is 9.92. The molecule has 0 spiro atoms. The number of nitrogens with one attached hydrogen (secondary N) is 1. The predicted molar refractivity (Wildman–Crippen MR) is 94.2 cm³/mol. The zero-order valence-corrected chi connectivity index (χ0v) is 14.3. The molecule has 1 N–H and O–H groups in total. The summed E-state index contributed by atoms with van der Waals surface area (Å²) in [7, 11) is 0. The molecule has 1 amide bonds. The van der Waals surface area contributed by atoms with Crippen LogP contribution in [0.2, 0.25) is 0 Å². The number of oxazole rings is 1. The zero-order valence-electron chi connectivity index (χ0n) is 13.5. The van der Waals surface area contributed by atoms with Gasteiger partial charge < -0.3 is 14.6 Å². The molecule has 6 heteroatoms. The molecule has 5 nitrogen and oxygen atoms in total. The number of hydrogen-bond donors (Lipinski definition) is 1. The Hall–Kier alpha value is -1.85. The fourth-order valence-electron chi connectivity index (χ4n) is 3.67. The first-order valence-electron chi connectivity index (χ1n) is 8.32. The van der Waals surface area contributed by atoms with Gasteiger partial charge in [0.15, 0.2) is 5.69 Å². The number of halogens is 1. The van der Waals surface area contributed by atoms with Crippen LogP contribution in [0.3, 0.4) is 0 Å². The fraction of sp³-hybridized carbons (Fsp3) is 0.444. The van der Waals surface area contributed by atoms with E-state index in [1.165, 1.54) is 6.26 Å². The smallest absolute Gasteiger partial charge is 0.275 e. The largest absolute Gasteiger partial charge is 0.444 e. The molecular formula is C18H22ClN3O2. The number of benzene rings is 1.